The molecule has 0 aliphatic carbocycles. The fourth-order valence-electron chi connectivity index (χ4n) is 1.74. The molecule has 1 aromatic rings. The molecule has 0 bridgehead atoms. The Morgan fingerprint density at radius 2 is 1.71 bits per heavy atom. The van der Waals surface area contributed by atoms with Gasteiger partial charge in [0.1, 0.15) is 0 Å². The molecule has 17 heavy (non-hydrogen) atoms. The first-order valence-electron chi connectivity index (χ1n) is 5.78. The van der Waals surface area contributed by atoms with Gasteiger partial charge in [0.25, 0.3) is 0 Å². The quantitative estimate of drug-likeness (QED) is 0.733. The van der Waals surface area contributed by atoms with Crippen molar-refractivity contribution in [3.63, 3.8) is 0 Å². The maximum absolute atomic E-state index is 11.2. The Morgan fingerprint density at radius 1 is 1.06 bits per heavy atom. The van der Waals surface area contributed by atoms with E-state index in [0.717, 1.165) is 31.2 Å². The zero-order valence-corrected chi connectivity index (χ0v) is 10.0. The first kappa shape index (κ1) is 13.2. The lowest BCUT2D eigenvalue weighted by atomic mass is 9.99. The van der Waals surface area contributed by atoms with Crippen LogP contribution in [0, 0.1) is 0 Å². The standard InChI is InChI=1S/C13H18N2O2/c1-2-3-4-5-9-6-7-10(12(14)16)11(8-9)13(15)17/h6-8H,2-5H2,1H3,(H2,14,16)(H2,15,17). The summed E-state index contributed by atoms with van der Waals surface area (Å²) in [6.45, 7) is 2.13. The number of primary amides is 2. The van der Waals surface area contributed by atoms with Crippen molar-refractivity contribution in [2.45, 2.75) is 32.6 Å². The van der Waals surface area contributed by atoms with Crippen molar-refractivity contribution < 1.29 is 9.59 Å². The summed E-state index contributed by atoms with van der Waals surface area (Å²) in [6.07, 6.45) is 4.23. The number of benzene rings is 1. The molecule has 0 aliphatic heterocycles. The monoisotopic (exact) mass is 234 g/mol. The first-order valence-corrected chi connectivity index (χ1v) is 5.78. The molecule has 1 aromatic carbocycles. The Kier molecular flexibility index (Phi) is 4.69. The van der Waals surface area contributed by atoms with Gasteiger partial charge in [0.05, 0.1) is 11.1 Å². The van der Waals surface area contributed by atoms with Crippen LogP contribution in [-0.4, -0.2) is 11.8 Å². The largest absolute Gasteiger partial charge is 0.366 e. The van der Waals surface area contributed by atoms with Crippen LogP contribution in [0.2, 0.25) is 0 Å². The van der Waals surface area contributed by atoms with Crippen molar-refractivity contribution >= 4 is 11.8 Å². The van der Waals surface area contributed by atoms with Gasteiger partial charge in [-0.1, -0.05) is 25.8 Å². The molecule has 1 rings (SSSR count). The lowest BCUT2D eigenvalue weighted by molar-refractivity contribution is 0.0967. The molecule has 4 heteroatoms. The average Bonchev–Trinajstić information content (AvgIpc) is 2.29. The Morgan fingerprint density at radius 3 is 2.24 bits per heavy atom. The van der Waals surface area contributed by atoms with Crippen molar-refractivity contribution in [3.8, 4) is 0 Å². The molecule has 92 valence electrons. The van der Waals surface area contributed by atoms with E-state index in [-0.39, 0.29) is 11.1 Å². The van der Waals surface area contributed by atoms with E-state index in [2.05, 4.69) is 6.92 Å². The fourth-order valence-corrected chi connectivity index (χ4v) is 1.74. The van der Waals surface area contributed by atoms with Crippen LogP contribution in [0.25, 0.3) is 0 Å². The van der Waals surface area contributed by atoms with Crippen LogP contribution in [0.5, 0.6) is 0 Å². The van der Waals surface area contributed by atoms with Crippen molar-refractivity contribution in [1.82, 2.24) is 0 Å². The number of carbonyl (C=O) groups excluding carboxylic acids is 2. The van der Waals surface area contributed by atoms with Gasteiger partial charge in [0, 0.05) is 0 Å². The van der Waals surface area contributed by atoms with E-state index < -0.39 is 11.8 Å². The number of hydrogen-bond acceptors (Lipinski definition) is 2. The second-order valence-electron chi connectivity index (χ2n) is 4.07. The highest BCUT2D eigenvalue weighted by Crippen LogP contribution is 2.14. The molecule has 0 unspecified atom stereocenters. The number of amides is 2. The lowest BCUT2D eigenvalue weighted by Gasteiger charge is -2.06. The van der Waals surface area contributed by atoms with Gasteiger partial charge in [0.15, 0.2) is 0 Å². The van der Waals surface area contributed by atoms with E-state index >= 15 is 0 Å². The predicted octanol–water partition coefficient (Wildman–Crippen LogP) is 1.62. The summed E-state index contributed by atoms with van der Waals surface area (Å²) in [5.74, 6) is -1.24. The molecule has 0 heterocycles. The third-order valence-electron chi connectivity index (χ3n) is 2.68. The molecule has 0 aromatic heterocycles. The van der Waals surface area contributed by atoms with Crippen molar-refractivity contribution in [1.29, 1.82) is 0 Å². The smallest absolute Gasteiger partial charge is 0.249 e. The third-order valence-corrected chi connectivity index (χ3v) is 2.68. The van der Waals surface area contributed by atoms with Gasteiger partial charge in [0.2, 0.25) is 11.8 Å². The van der Waals surface area contributed by atoms with E-state index in [1.165, 1.54) is 0 Å². The molecule has 0 saturated heterocycles. The van der Waals surface area contributed by atoms with Gasteiger partial charge in [-0.2, -0.15) is 0 Å². The highest BCUT2D eigenvalue weighted by molar-refractivity contribution is 6.06. The number of unbranched alkanes of at least 4 members (excludes halogenated alkanes) is 2. The summed E-state index contributed by atoms with van der Waals surface area (Å²) in [6, 6.07) is 5.06. The zero-order valence-electron chi connectivity index (χ0n) is 10.0. The molecular formula is C13H18N2O2. The second-order valence-corrected chi connectivity index (χ2v) is 4.07. The summed E-state index contributed by atoms with van der Waals surface area (Å²) in [7, 11) is 0. The number of nitrogens with two attached hydrogens (primary N) is 2. The molecule has 4 N–H and O–H groups in total. The average molecular weight is 234 g/mol. The summed E-state index contributed by atoms with van der Waals surface area (Å²) in [5.41, 5.74) is 11.8. The van der Waals surface area contributed by atoms with Crippen LogP contribution in [0.15, 0.2) is 18.2 Å². The minimum absolute atomic E-state index is 0.191. The van der Waals surface area contributed by atoms with Crippen molar-refractivity contribution in [2.75, 3.05) is 0 Å². The van der Waals surface area contributed by atoms with Crippen LogP contribution >= 0.6 is 0 Å². The fraction of sp³-hybridized carbons (Fsp3) is 0.385. The Bertz CT molecular complexity index is 427. The SMILES string of the molecule is CCCCCc1ccc(C(N)=O)c(C(N)=O)c1. The van der Waals surface area contributed by atoms with E-state index in [4.69, 9.17) is 11.5 Å². The van der Waals surface area contributed by atoms with E-state index in [9.17, 15) is 9.59 Å². The molecule has 0 fully saturated rings. The molecule has 0 saturated carbocycles. The molecule has 0 aliphatic rings. The normalized spacial score (nSPS) is 10.2. The number of carbonyl (C=O) groups is 2. The van der Waals surface area contributed by atoms with Gasteiger partial charge in [-0.05, 0) is 30.5 Å². The summed E-state index contributed by atoms with van der Waals surface area (Å²) < 4.78 is 0. The minimum atomic E-state index is -0.626. The zero-order chi connectivity index (χ0) is 12.8. The lowest BCUT2D eigenvalue weighted by Crippen LogP contribution is -2.20. The number of rotatable bonds is 6. The van der Waals surface area contributed by atoms with Crippen molar-refractivity contribution in [2.24, 2.45) is 11.5 Å². The maximum Gasteiger partial charge on any atom is 0.249 e. The molecule has 0 radical (unpaired) electrons. The van der Waals surface area contributed by atoms with Crippen LogP contribution in [0.3, 0.4) is 0 Å². The van der Waals surface area contributed by atoms with Crippen LogP contribution in [0.1, 0.15) is 52.5 Å². The van der Waals surface area contributed by atoms with Crippen molar-refractivity contribution in [3.05, 3.63) is 34.9 Å². The predicted molar refractivity (Wildman–Crippen MR) is 66.7 cm³/mol. The summed E-state index contributed by atoms with van der Waals surface area (Å²) in [5, 5.41) is 0. The molecule has 4 nitrogen and oxygen atoms in total. The Hall–Kier alpha value is -1.84. The van der Waals surface area contributed by atoms with Crippen LogP contribution in [0.4, 0.5) is 0 Å². The first-order chi connectivity index (χ1) is 8.06. The molecule has 0 spiro atoms. The van der Waals surface area contributed by atoms with E-state index in [1.807, 2.05) is 6.07 Å². The highest BCUT2D eigenvalue weighted by Gasteiger charge is 2.13. The molecule has 2 amide bonds. The Labute approximate surface area is 101 Å². The number of aryl methyl sites for hydroxylation is 1. The van der Waals surface area contributed by atoms with Gasteiger partial charge in [-0.15, -0.1) is 0 Å². The van der Waals surface area contributed by atoms with Gasteiger partial charge in [-0.3, -0.25) is 9.59 Å². The second kappa shape index (κ2) is 6.03. The number of hydrogen-bond donors (Lipinski definition) is 2. The summed E-state index contributed by atoms with van der Waals surface area (Å²) >= 11 is 0. The van der Waals surface area contributed by atoms with E-state index in [1.54, 1.807) is 12.1 Å². The third kappa shape index (κ3) is 3.59. The highest BCUT2D eigenvalue weighted by atomic mass is 16.2. The topological polar surface area (TPSA) is 86.2 Å². The van der Waals surface area contributed by atoms with Crippen LogP contribution < -0.4 is 11.5 Å². The van der Waals surface area contributed by atoms with Gasteiger partial charge < -0.3 is 11.5 Å². The summed E-state index contributed by atoms with van der Waals surface area (Å²) in [4.78, 5) is 22.3. The molecule has 0 atom stereocenters. The van der Waals surface area contributed by atoms with E-state index in [0.29, 0.717) is 0 Å². The van der Waals surface area contributed by atoms with Gasteiger partial charge in [-0.25, -0.2) is 0 Å². The Balaban J connectivity index is 2.94. The minimum Gasteiger partial charge on any atom is -0.366 e. The maximum atomic E-state index is 11.2. The molecular weight excluding hydrogens is 216 g/mol. The van der Waals surface area contributed by atoms with Crippen LogP contribution in [-0.2, 0) is 6.42 Å². The van der Waals surface area contributed by atoms with Gasteiger partial charge >= 0.3 is 0 Å².